The largest absolute Gasteiger partial charge is 0.364 e. The van der Waals surface area contributed by atoms with Gasteiger partial charge in [0, 0.05) is 18.2 Å². The molecule has 0 atom stereocenters. The Labute approximate surface area is 111 Å². The first kappa shape index (κ1) is 12.9. The van der Waals surface area contributed by atoms with Gasteiger partial charge in [0.25, 0.3) is 5.91 Å². The van der Waals surface area contributed by atoms with Gasteiger partial charge in [0.15, 0.2) is 0 Å². The van der Waals surface area contributed by atoms with Crippen LogP contribution < -0.4 is 5.73 Å². The van der Waals surface area contributed by atoms with E-state index in [9.17, 15) is 4.79 Å². The molecule has 1 heterocycles. The van der Waals surface area contributed by atoms with Crippen LogP contribution in [0.2, 0.25) is 0 Å². The zero-order valence-electron chi connectivity index (χ0n) is 10.8. The SMILES string of the molecule is CN=C(C(N)=O)c1cc(-c2ccnnc2)ccc1C. The van der Waals surface area contributed by atoms with Gasteiger partial charge < -0.3 is 5.73 Å². The zero-order chi connectivity index (χ0) is 13.8. The van der Waals surface area contributed by atoms with Crippen molar-refractivity contribution < 1.29 is 4.79 Å². The summed E-state index contributed by atoms with van der Waals surface area (Å²) in [4.78, 5) is 15.4. The minimum absolute atomic E-state index is 0.279. The van der Waals surface area contributed by atoms with Gasteiger partial charge in [0.1, 0.15) is 5.71 Å². The summed E-state index contributed by atoms with van der Waals surface area (Å²) in [7, 11) is 1.56. The summed E-state index contributed by atoms with van der Waals surface area (Å²) in [5, 5.41) is 7.58. The number of aromatic nitrogens is 2. The van der Waals surface area contributed by atoms with Gasteiger partial charge in [0.2, 0.25) is 0 Å². The number of aryl methyl sites for hydroxylation is 1. The van der Waals surface area contributed by atoms with E-state index in [0.29, 0.717) is 0 Å². The number of amides is 1. The molecule has 96 valence electrons. The molecule has 2 aromatic rings. The monoisotopic (exact) mass is 254 g/mol. The Morgan fingerprint density at radius 3 is 2.58 bits per heavy atom. The summed E-state index contributed by atoms with van der Waals surface area (Å²) in [5.74, 6) is -0.532. The van der Waals surface area contributed by atoms with E-state index in [1.807, 2.05) is 31.2 Å². The molecule has 5 nitrogen and oxygen atoms in total. The van der Waals surface area contributed by atoms with Crippen LogP contribution in [0.1, 0.15) is 11.1 Å². The second-order valence-corrected chi connectivity index (χ2v) is 4.10. The van der Waals surface area contributed by atoms with Crippen molar-refractivity contribution in [3.63, 3.8) is 0 Å². The van der Waals surface area contributed by atoms with Gasteiger partial charge in [-0.25, -0.2) is 0 Å². The van der Waals surface area contributed by atoms with Crippen LogP contribution in [0.3, 0.4) is 0 Å². The highest BCUT2D eigenvalue weighted by Gasteiger charge is 2.13. The van der Waals surface area contributed by atoms with E-state index in [1.165, 1.54) is 0 Å². The molecule has 0 saturated heterocycles. The van der Waals surface area contributed by atoms with Crippen molar-refractivity contribution in [1.82, 2.24) is 10.2 Å². The van der Waals surface area contributed by atoms with Crippen LogP contribution >= 0.6 is 0 Å². The Kier molecular flexibility index (Phi) is 3.66. The van der Waals surface area contributed by atoms with E-state index in [0.717, 1.165) is 22.3 Å². The number of carbonyl (C=O) groups is 1. The second-order valence-electron chi connectivity index (χ2n) is 4.10. The smallest absolute Gasteiger partial charge is 0.267 e. The molecule has 2 rings (SSSR count). The first-order chi connectivity index (χ1) is 9.13. The van der Waals surface area contributed by atoms with Gasteiger partial charge in [-0.1, -0.05) is 12.1 Å². The summed E-state index contributed by atoms with van der Waals surface area (Å²) < 4.78 is 0. The number of nitrogens with zero attached hydrogens (tertiary/aromatic N) is 3. The highest BCUT2D eigenvalue weighted by molar-refractivity contribution is 6.45. The standard InChI is InChI=1S/C14H14N4O/c1-9-3-4-10(11-5-6-17-18-8-11)7-12(9)13(16-2)14(15)19/h3-8H,1-2H3,(H2,15,19). The highest BCUT2D eigenvalue weighted by Crippen LogP contribution is 2.21. The van der Waals surface area contributed by atoms with Crippen molar-refractivity contribution in [2.75, 3.05) is 7.05 Å². The van der Waals surface area contributed by atoms with Gasteiger partial charge in [-0.3, -0.25) is 9.79 Å². The van der Waals surface area contributed by atoms with E-state index >= 15 is 0 Å². The zero-order valence-corrected chi connectivity index (χ0v) is 10.8. The molecule has 0 bridgehead atoms. The van der Waals surface area contributed by atoms with Crippen LogP contribution in [-0.2, 0) is 4.79 Å². The molecule has 0 spiro atoms. The predicted molar refractivity (Wildman–Crippen MR) is 73.9 cm³/mol. The van der Waals surface area contributed by atoms with Crippen molar-refractivity contribution in [2.45, 2.75) is 6.92 Å². The summed E-state index contributed by atoms with van der Waals surface area (Å²) in [5.41, 5.74) is 9.18. The average molecular weight is 254 g/mol. The number of rotatable bonds is 3. The number of hydrogen-bond donors (Lipinski definition) is 1. The molecule has 0 aliphatic heterocycles. The third kappa shape index (κ3) is 2.65. The molecule has 5 heteroatoms. The van der Waals surface area contributed by atoms with Gasteiger partial charge in [-0.05, 0) is 30.2 Å². The van der Waals surface area contributed by atoms with Crippen LogP contribution in [0, 0.1) is 6.92 Å². The summed E-state index contributed by atoms with van der Waals surface area (Å²) >= 11 is 0. The molecular formula is C14H14N4O. The molecule has 0 fully saturated rings. The Morgan fingerprint density at radius 2 is 2.00 bits per heavy atom. The fraction of sp³-hybridized carbons (Fsp3) is 0.143. The van der Waals surface area contributed by atoms with Gasteiger partial charge in [0.05, 0.1) is 12.4 Å². The summed E-state index contributed by atoms with van der Waals surface area (Å²) in [6, 6.07) is 7.64. The fourth-order valence-electron chi connectivity index (χ4n) is 1.88. The third-order valence-electron chi connectivity index (χ3n) is 2.87. The average Bonchev–Trinajstić information content (AvgIpc) is 2.42. The molecule has 1 aromatic carbocycles. The molecule has 0 aliphatic carbocycles. The highest BCUT2D eigenvalue weighted by atomic mass is 16.1. The first-order valence-electron chi connectivity index (χ1n) is 5.78. The maximum absolute atomic E-state index is 11.4. The lowest BCUT2D eigenvalue weighted by Crippen LogP contribution is -2.25. The normalized spacial score (nSPS) is 11.4. The molecule has 2 N–H and O–H groups in total. The Morgan fingerprint density at radius 1 is 1.21 bits per heavy atom. The first-order valence-corrected chi connectivity index (χ1v) is 5.78. The van der Waals surface area contributed by atoms with Crippen LogP contribution in [0.15, 0.2) is 41.7 Å². The molecule has 19 heavy (non-hydrogen) atoms. The van der Waals surface area contributed by atoms with E-state index in [2.05, 4.69) is 15.2 Å². The Balaban J connectivity index is 2.55. The third-order valence-corrected chi connectivity index (χ3v) is 2.87. The van der Waals surface area contributed by atoms with Crippen LogP contribution in [0.5, 0.6) is 0 Å². The van der Waals surface area contributed by atoms with E-state index < -0.39 is 5.91 Å². The maximum atomic E-state index is 11.4. The predicted octanol–water partition coefficient (Wildman–Crippen LogP) is 1.36. The van der Waals surface area contributed by atoms with Crippen LogP contribution in [-0.4, -0.2) is 28.9 Å². The van der Waals surface area contributed by atoms with Crippen LogP contribution in [0.4, 0.5) is 0 Å². The number of primary amides is 1. The van der Waals surface area contributed by atoms with Crippen molar-refractivity contribution in [1.29, 1.82) is 0 Å². The molecule has 0 saturated carbocycles. The van der Waals surface area contributed by atoms with Gasteiger partial charge >= 0.3 is 0 Å². The number of aliphatic imine (C=N–C) groups is 1. The quantitative estimate of drug-likeness (QED) is 0.839. The van der Waals surface area contributed by atoms with Crippen molar-refractivity contribution >= 4 is 11.6 Å². The molecule has 0 aliphatic rings. The lowest BCUT2D eigenvalue weighted by atomic mass is 9.97. The van der Waals surface area contributed by atoms with E-state index in [4.69, 9.17) is 5.73 Å². The number of carbonyl (C=O) groups excluding carboxylic acids is 1. The van der Waals surface area contributed by atoms with Crippen LogP contribution in [0.25, 0.3) is 11.1 Å². The molecule has 1 amide bonds. The topological polar surface area (TPSA) is 81.2 Å². The molecule has 0 radical (unpaired) electrons. The summed E-state index contributed by atoms with van der Waals surface area (Å²) in [6.07, 6.45) is 3.29. The minimum atomic E-state index is -0.532. The number of nitrogens with two attached hydrogens (primary N) is 1. The Hall–Kier alpha value is -2.56. The second kappa shape index (κ2) is 5.39. The fourth-order valence-corrected chi connectivity index (χ4v) is 1.88. The lowest BCUT2D eigenvalue weighted by Gasteiger charge is -2.09. The van der Waals surface area contributed by atoms with E-state index in [-0.39, 0.29) is 5.71 Å². The Bertz CT molecular complexity index is 635. The lowest BCUT2D eigenvalue weighted by molar-refractivity contribution is -0.111. The van der Waals surface area contributed by atoms with Gasteiger partial charge in [-0.2, -0.15) is 10.2 Å². The molecule has 1 aromatic heterocycles. The number of hydrogen-bond acceptors (Lipinski definition) is 4. The molecule has 0 unspecified atom stereocenters. The van der Waals surface area contributed by atoms with Crippen molar-refractivity contribution in [3.05, 3.63) is 47.8 Å². The van der Waals surface area contributed by atoms with Gasteiger partial charge in [-0.15, -0.1) is 0 Å². The van der Waals surface area contributed by atoms with Crippen molar-refractivity contribution in [3.8, 4) is 11.1 Å². The minimum Gasteiger partial charge on any atom is -0.364 e. The molecular weight excluding hydrogens is 240 g/mol. The van der Waals surface area contributed by atoms with E-state index in [1.54, 1.807) is 19.4 Å². The number of benzene rings is 1. The summed E-state index contributed by atoms with van der Waals surface area (Å²) in [6.45, 7) is 1.91. The van der Waals surface area contributed by atoms with Crippen molar-refractivity contribution in [2.24, 2.45) is 10.7 Å². The maximum Gasteiger partial charge on any atom is 0.267 e.